The summed E-state index contributed by atoms with van der Waals surface area (Å²) in [5, 5.41) is 0.966. The molecule has 0 radical (unpaired) electrons. The number of carbonyl (C=O) groups is 1. The summed E-state index contributed by atoms with van der Waals surface area (Å²) < 4.78 is 44.1. The Labute approximate surface area is 166 Å². The summed E-state index contributed by atoms with van der Waals surface area (Å²) in [7, 11) is 2.20. The highest BCUT2D eigenvalue weighted by atomic mass is 19.2. The number of methoxy groups -OCH3 is 2. The molecule has 8 heteroatoms. The summed E-state index contributed by atoms with van der Waals surface area (Å²) in [6, 6.07) is 13.8. The summed E-state index contributed by atoms with van der Waals surface area (Å²) in [5.74, 6) is -0.930. The molecule has 1 heterocycles. The van der Waals surface area contributed by atoms with E-state index in [9.17, 15) is 13.6 Å². The number of ether oxygens (including phenoxy) is 3. The zero-order valence-corrected chi connectivity index (χ0v) is 15.9. The van der Waals surface area contributed by atoms with Crippen LogP contribution in [0.3, 0.4) is 0 Å². The summed E-state index contributed by atoms with van der Waals surface area (Å²) >= 11 is 0. The molecular weight excluding hydrogens is 382 g/mol. The van der Waals surface area contributed by atoms with Gasteiger partial charge in [-0.2, -0.15) is 0 Å². The first-order valence-corrected chi connectivity index (χ1v) is 8.74. The largest absolute Gasteiger partial charge is 0.487 e. The lowest BCUT2D eigenvalue weighted by Crippen LogP contribution is -2.18. The Balaban J connectivity index is 1.99. The summed E-state index contributed by atoms with van der Waals surface area (Å²) in [4.78, 5) is 16.2. The first kappa shape index (κ1) is 20.6. The first-order chi connectivity index (χ1) is 14.0. The van der Waals surface area contributed by atoms with Gasteiger partial charge in [0, 0.05) is 30.7 Å². The Kier molecular flexibility index (Phi) is 6.36. The standard InChI is InChI=1S/C21H20F2N2O4/c1-27-19(22)17-14(21(24)26)9-10-16(18(17)20(23)28-2)29-11-13-8-7-12-5-3-4-6-15(12)25-13/h3-10,19-20H,11H2,1-2H3,(H2,24,26). The third-order valence-corrected chi connectivity index (χ3v) is 4.41. The van der Waals surface area contributed by atoms with E-state index in [1.165, 1.54) is 12.1 Å². The number of hydrogen-bond donors (Lipinski definition) is 1. The van der Waals surface area contributed by atoms with Gasteiger partial charge in [0.15, 0.2) is 0 Å². The second kappa shape index (κ2) is 8.93. The van der Waals surface area contributed by atoms with Crippen molar-refractivity contribution in [3.8, 4) is 5.75 Å². The fourth-order valence-electron chi connectivity index (χ4n) is 3.01. The number of para-hydroxylation sites is 1. The fourth-order valence-corrected chi connectivity index (χ4v) is 3.01. The average Bonchev–Trinajstić information content (AvgIpc) is 2.75. The number of halogens is 2. The minimum Gasteiger partial charge on any atom is -0.487 e. The minimum absolute atomic E-state index is 0.00555. The molecule has 3 aromatic rings. The van der Waals surface area contributed by atoms with Crippen molar-refractivity contribution >= 4 is 16.8 Å². The van der Waals surface area contributed by atoms with Crippen molar-refractivity contribution in [3.05, 3.63) is 70.9 Å². The summed E-state index contributed by atoms with van der Waals surface area (Å²) in [5.41, 5.74) is 5.81. The van der Waals surface area contributed by atoms with E-state index in [0.29, 0.717) is 5.69 Å². The highest BCUT2D eigenvalue weighted by Gasteiger charge is 2.29. The van der Waals surface area contributed by atoms with Crippen molar-refractivity contribution in [2.45, 2.75) is 19.3 Å². The molecule has 0 saturated carbocycles. The van der Waals surface area contributed by atoms with Crippen molar-refractivity contribution in [3.63, 3.8) is 0 Å². The zero-order chi connectivity index (χ0) is 21.0. The van der Waals surface area contributed by atoms with Gasteiger partial charge >= 0.3 is 0 Å². The number of pyridine rings is 1. The van der Waals surface area contributed by atoms with Gasteiger partial charge in [0.2, 0.25) is 18.6 Å². The quantitative estimate of drug-likeness (QED) is 0.612. The van der Waals surface area contributed by atoms with Crippen molar-refractivity contribution in [1.29, 1.82) is 0 Å². The second-order valence-corrected chi connectivity index (χ2v) is 6.19. The third kappa shape index (κ3) is 4.33. The molecule has 6 nitrogen and oxygen atoms in total. The van der Waals surface area contributed by atoms with Crippen molar-refractivity contribution < 1.29 is 27.8 Å². The van der Waals surface area contributed by atoms with E-state index in [4.69, 9.17) is 15.2 Å². The Morgan fingerprint density at radius 3 is 2.38 bits per heavy atom. The van der Waals surface area contributed by atoms with Gasteiger partial charge < -0.3 is 19.9 Å². The lowest BCUT2D eigenvalue weighted by molar-refractivity contribution is -0.0283. The van der Waals surface area contributed by atoms with Crippen LogP contribution < -0.4 is 10.5 Å². The molecule has 2 atom stereocenters. The third-order valence-electron chi connectivity index (χ3n) is 4.41. The lowest BCUT2D eigenvalue weighted by atomic mass is 9.99. The number of fused-ring (bicyclic) bond motifs is 1. The van der Waals surface area contributed by atoms with Crippen molar-refractivity contribution in [2.75, 3.05) is 14.2 Å². The average molecular weight is 402 g/mol. The topological polar surface area (TPSA) is 83.7 Å². The predicted molar refractivity (Wildman–Crippen MR) is 103 cm³/mol. The van der Waals surface area contributed by atoms with Gasteiger partial charge in [-0.3, -0.25) is 4.79 Å². The van der Waals surface area contributed by atoms with E-state index in [1.54, 1.807) is 6.07 Å². The molecule has 0 aliphatic rings. The van der Waals surface area contributed by atoms with E-state index in [0.717, 1.165) is 25.1 Å². The van der Waals surface area contributed by atoms with Crippen LogP contribution in [0.4, 0.5) is 8.78 Å². The van der Waals surface area contributed by atoms with Gasteiger partial charge in [0.1, 0.15) is 12.4 Å². The van der Waals surface area contributed by atoms with Gasteiger partial charge in [-0.25, -0.2) is 13.8 Å². The fraction of sp³-hybridized carbons (Fsp3) is 0.238. The van der Waals surface area contributed by atoms with Crippen LogP contribution in [0.25, 0.3) is 10.9 Å². The number of primary amides is 1. The molecule has 3 rings (SSSR count). The van der Waals surface area contributed by atoms with Crippen LogP contribution >= 0.6 is 0 Å². The normalized spacial score (nSPS) is 13.2. The van der Waals surface area contributed by atoms with E-state index < -0.39 is 18.6 Å². The number of benzene rings is 2. The van der Waals surface area contributed by atoms with E-state index in [2.05, 4.69) is 9.72 Å². The second-order valence-electron chi connectivity index (χ2n) is 6.19. The lowest BCUT2D eigenvalue weighted by Gasteiger charge is -2.21. The number of hydrogen-bond acceptors (Lipinski definition) is 5. The number of amides is 1. The van der Waals surface area contributed by atoms with Crippen LogP contribution in [0.2, 0.25) is 0 Å². The zero-order valence-electron chi connectivity index (χ0n) is 15.9. The minimum atomic E-state index is -2.09. The first-order valence-electron chi connectivity index (χ1n) is 8.74. The van der Waals surface area contributed by atoms with Gasteiger partial charge in [-0.15, -0.1) is 0 Å². The molecule has 152 valence electrons. The molecule has 0 bridgehead atoms. The maximum atomic E-state index is 14.6. The number of aromatic nitrogens is 1. The molecule has 1 amide bonds. The van der Waals surface area contributed by atoms with Crippen LogP contribution in [0, 0.1) is 0 Å². The van der Waals surface area contributed by atoms with E-state index in [-0.39, 0.29) is 29.0 Å². The molecule has 2 N–H and O–H groups in total. The number of rotatable bonds is 8. The highest BCUT2D eigenvalue weighted by Crippen LogP contribution is 2.39. The highest BCUT2D eigenvalue weighted by molar-refractivity contribution is 5.95. The van der Waals surface area contributed by atoms with Gasteiger partial charge in [0.25, 0.3) is 0 Å². The van der Waals surface area contributed by atoms with Crippen LogP contribution in [0.15, 0.2) is 48.5 Å². The summed E-state index contributed by atoms with van der Waals surface area (Å²) in [6.07, 6.45) is -4.15. The molecule has 0 spiro atoms. The van der Waals surface area contributed by atoms with Crippen LogP contribution in [0.5, 0.6) is 5.75 Å². The van der Waals surface area contributed by atoms with Gasteiger partial charge in [0.05, 0.1) is 16.8 Å². The SMILES string of the molecule is COC(F)c1c(OCc2ccc3ccccc3n2)ccc(C(N)=O)c1C(F)OC. The number of nitrogens with zero attached hydrogens (tertiary/aromatic N) is 1. The van der Waals surface area contributed by atoms with E-state index in [1.807, 2.05) is 30.3 Å². The molecule has 2 aromatic carbocycles. The van der Waals surface area contributed by atoms with Gasteiger partial charge in [-0.1, -0.05) is 24.3 Å². The maximum absolute atomic E-state index is 14.6. The molecule has 29 heavy (non-hydrogen) atoms. The van der Waals surface area contributed by atoms with Crippen molar-refractivity contribution in [1.82, 2.24) is 4.98 Å². The van der Waals surface area contributed by atoms with Gasteiger partial charge in [-0.05, 0) is 24.3 Å². The molecule has 1 aromatic heterocycles. The van der Waals surface area contributed by atoms with Crippen LogP contribution in [0.1, 0.15) is 39.9 Å². The summed E-state index contributed by atoms with van der Waals surface area (Å²) in [6.45, 7) is -0.00639. The number of alkyl halides is 2. The Bertz CT molecular complexity index is 1030. The molecule has 0 fully saturated rings. The van der Waals surface area contributed by atoms with E-state index >= 15 is 0 Å². The molecule has 2 unspecified atom stereocenters. The maximum Gasteiger partial charge on any atom is 0.249 e. The number of carbonyl (C=O) groups excluding carboxylic acids is 1. The molecule has 0 aliphatic carbocycles. The van der Waals surface area contributed by atoms with Crippen LogP contribution in [-0.4, -0.2) is 25.1 Å². The Morgan fingerprint density at radius 2 is 1.69 bits per heavy atom. The Morgan fingerprint density at radius 1 is 1.00 bits per heavy atom. The molecule has 0 aliphatic heterocycles. The Hall–Kier alpha value is -3.10. The smallest absolute Gasteiger partial charge is 0.249 e. The molecular formula is C21H20F2N2O4. The number of nitrogens with two attached hydrogens (primary N) is 1. The molecule has 0 saturated heterocycles. The predicted octanol–water partition coefficient (Wildman–Crippen LogP) is 4.14. The van der Waals surface area contributed by atoms with Crippen molar-refractivity contribution in [2.24, 2.45) is 5.73 Å². The monoisotopic (exact) mass is 402 g/mol. The van der Waals surface area contributed by atoms with Crippen LogP contribution in [-0.2, 0) is 16.1 Å².